The molecule has 1 atom stereocenters. The number of benzene rings is 1. The first-order valence-electron chi connectivity index (χ1n) is 8.57. The Kier molecular flexibility index (Phi) is 5.11. The van der Waals surface area contributed by atoms with E-state index in [9.17, 15) is 4.79 Å². The highest BCUT2D eigenvalue weighted by molar-refractivity contribution is 5.97. The number of hydrogen-bond acceptors (Lipinski definition) is 3. The van der Waals surface area contributed by atoms with Crippen molar-refractivity contribution in [3.05, 3.63) is 47.5 Å². The molecule has 0 saturated heterocycles. The summed E-state index contributed by atoms with van der Waals surface area (Å²) < 4.78 is 0. The maximum atomic E-state index is 12.2. The summed E-state index contributed by atoms with van der Waals surface area (Å²) in [6.07, 6.45) is 10.7. The Labute approximate surface area is 138 Å². The molecule has 1 aliphatic carbocycles. The van der Waals surface area contributed by atoms with Gasteiger partial charge in [0.25, 0.3) is 0 Å². The van der Waals surface area contributed by atoms with E-state index in [2.05, 4.69) is 21.9 Å². The number of carbonyl (C=O) groups excluding carboxylic acids is 1. The molecule has 0 aromatic heterocycles. The largest absolute Gasteiger partial charge is 0.331 e. The zero-order valence-electron chi connectivity index (χ0n) is 13.7. The van der Waals surface area contributed by atoms with Crippen molar-refractivity contribution in [2.24, 2.45) is 11.0 Å². The molecule has 0 radical (unpaired) electrons. The Morgan fingerprint density at radius 2 is 2.04 bits per heavy atom. The first kappa shape index (κ1) is 15.8. The van der Waals surface area contributed by atoms with Crippen LogP contribution in [0.1, 0.15) is 43.2 Å². The molecule has 4 heteroatoms. The van der Waals surface area contributed by atoms with Crippen molar-refractivity contribution in [1.82, 2.24) is 10.7 Å². The van der Waals surface area contributed by atoms with E-state index in [-0.39, 0.29) is 12.1 Å². The van der Waals surface area contributed by atoms with E-state index in [4.69, 9.17) is 0 Å². The maximum absolute atomic E-state index is 12.2. The summed E-state index contributed by atoms with van der Waals surface area (Å²) >= 11 is 0. The molecule has 4 nitrogen and oxygen atoms in total. The molecule has 1 aromatic rings. The monoisotopic (exact) mass is 311 g/mol. The van der Waals surface area contributed by atoms with Gasteiger partial charge in [0.05, 0.1) is 12.1 Å². The number of allylic oxidation sites excluding steroid dienone is 1. The molecule has 23 heavy (non-hydrogen) atoms. The molecule has 1 saturated carbocycles. The van der Waals surface area contributed by atoms with E-state index in [0.717, 1.165) is 16.8 Å². The molecule has 2 aliphatic rings. The summed E-state index contributed by atoms with van der Waals surface area (Å²) in [5.41, 5.74) is 6.41. The van der Waals surface area contributed by atoms with Gasteiger partial charge in [0.15, 0.2) is 0 Å². The average Bonchev–Trinajstić information content (AvgIpc) is 2.58. The smallest absolute Gasteiger partial charge is 0.226 e. The lowest BCUT2D eigenvalue weighted by Gasteiger charge is -2.25. The van der Waals surface area contributed by atoms with Crippen molar-refractivity contribution < 1.29 is 4.79 Å². The second kappa shape index (κ2) is 7.44. The van der Waals surface area contributed by atoms with E-state index in [1.54, 1.807) is 0 Å². The van der Waals surface area contributed by atoms with Crippen LogP contribution < -0.4 is 10.7 Å². The van der Waals surface area contributed by atoms with Gasteiger partial charge in [-0.1, -0.05) is 43.5 Å². The topological polar surface area (TPSA) is 53.5 Å². The van der Waals surface area contributed by atoms with Crippen LogP contribution in [-0.2, 0) is 11.2 Å². The highest BCUT2D eigenvalue weighted by Crippen LogP contribution is 2.25. The number of aryl methyl sites for hydroxylation is 1. The first-order valence-corrected chi connectivity index (χ1v) is 8.57. The van der Waals surface area contributed by atoms with Gasteiger partial charge in [-0.15, -0.1) is 0 Å². The molecule has 3 rings (SSSR count). The highest BCUT2D eigenvalue weighted by atomic mass is 16.1. The van der Waals surface area contributed by atoms with Crippen LogP contribution in [0.4, 0.5) is 0 Å². The minimum atomic E-state index is -0.209. The third-order valence-corrected chi connectivity index (χ3v) is 4.74. The third kappa shape index (κ3) is 4.21. The van der Waals surface area contributed by atoms with Crippen LogP contribution in [0, 0.1) is 12.8 Å². The number of rotatable bonds is 4. The zero-order chi connectivity index (χ0) is 16.1. The molecule has 1 aromatic carbocycles. The van der Waals surface area contributed by atoms with Crippen molar-refractivity contribution >= 4 is 11.6 Å². The zero-order valence-corrected chi connectivity index (χ0v) is 13.7. The van der Waals surface area contributed by atoms with Crippen LogP contribution in [0.5, 0.6) is 0 Å². The van der Waals surface area contributed by atoms with Crippen LogP contribution in [0.15, 0.2) is 41.5 Å². The summed E-state index contributed by atoms with van der Waals surface area (Å²) in [5.74, 6) is 0.592. The van der Waals surface area contributed by atoms with Gasteiger partial charge in [-0.3, -0.25) is 10.2 Å². The predicted octanol–water partition coefficient (Wildman–Crippen LogP) is 3.08. The minimum Gasteiger partial charge on any atom is -0.331 e. The standard InChI is InChI=1S/C19H25N3O/c1-14-7-5-6-10-16(14)13-19(23)20-18-12-11-17(21-22-18)15-8-3-2-4-9-15/h5-7,10-12,15,18,22H,2-4,8-9,13H2,1H3,(H,20,23). The Morgan fingerprint density at radius 3 is 2.74 bits per heavy atom. The number of amides is 1. The SMILES string of the molecule is Cc1ccccc1CC(=O)NC1C=CC(C2CCCCC2)=NN1. The summed E-state index contributed by atoms with van der Waals surface area (Å²) in [4.78, 5) is 12.2. The second-order valence-corrected chi connectivity index (χ2v) is 6.51. The fourth-order valence-electron chi connectivity index (χ4n) is 3.33. The molecule has 122 valence electrons. The number of nitrogens with zero attached hydrogens (tertiary/aromatic N) is 1. The van der Waals surface area contributed by atoms with Gasteiger partial charge >= 0.3 is 0 Å². The summed E-state index contributed by atoms with van der Waals surface area (Å²) in [7, 11) is 0. The van der Waals surface area contributed by atoms with Gasteiger partial charge in [0.1, 0.15) is 6.17 Å². The van der Waals surface area contributed by atoms with Gasteiger partial charge in [0, 0.05) is 5.92 Å². The quantitative estimate of drug-likeness (QED) is 0.898. The summed E-state index contributed by atoms with van der Waals surface area (Å²) in [6, 6.07) is 7.99. The minimum absolute atomic E-state index is 0.0118. The van der Waals surface area contributed by atoms with Gasteiger partial charge in [0.2, 0.25) is 5.91 Å². The molecule has 0 bridgehead atoms. The predicted molar refractivity (Wildman–Crippen MR) is 93.1 cm³/mol. The third-order valence-electron chi connectivity index (χ3n) is 4.74. The Hall–Kier alpha value is -2.10. The van der Waals surface area contributed by atoms with E-state index in [1.165, 1.54) is 32.1 Å². The number of hydrogen-bond donors (Lipinski definition) is 2. The molecular formula is C19H25N3O. The summed E-state index contributed by atoms with van der Waals surface area (Å²) in [5, 5.41) is 7.45. The second-order valence-electron chi connectivity index (χ2n) is 6.51. The van der Waals surface area contributed by atoms with E-state index in [0.29, 0.717) is 12.3 Å². The summed E-state index contributed by atoms with van der Waals surface area (Å²) in [6.45, 7) is 2.03. The lowest BCUT2D eigenvalue weighted by Crippen LogP contribution is -2.44. The molecule has 1 amide bonds. The fourth-order valence-corrected chi connectivity index (χ4v) is 3.33. The molecule has 2 N–H and O–H groups in total. The number of hydrazone groups is 1. The molecule has 1 heterocycles. The molecule has 1 aliphatic heterocycles. The van der Waals surface area contributed by atoms with Crippen LogP contribution >= 0.6 is 0 Å². The van der Waals surface area contributed by atoms with Gasteiger partial charge in [-0.25, -0.2) is 0 Å². The lowest BCUT2D eigenvalue weighted by atomic mass is 9.85. The van der Waals surface area contributed by atoms with Crippen LogP contribution in [0.25, 0.3) is 0 Å². The molecule has 0 spiro atoms. The van der Waals surface area contributed by atoms with Gasteiger partial charge in [-0.2, -0.15) is 5.10 Å². The van der Waals surface area contributed by atoms with Crippen molar-refractivity contribution in [2.45, 2.75) is 51.6 Å². The Bertz CT molecular complexity index is 615. The fraction of sp³-hybridized carbons (Fsp3) is 0.474. The first-order chi connectivity index (χ1) is 11.2. The van der Waals surface area contributed by atoms with E-state index < -0.39 is 0 Å². The van der Waals surface area contributed by atoms with Crippen LogP contribution in [0.3, 0.4) is 0 Å². The normalized spacial score (nSPS) is 21.4. The van der Waals surface area contributed by atoms with Crippen molar-refractivity contribution in [1.29, 1.82) is 0 Å². The van der Waals surface area contributed by atoms with Crippen molar-refractivity contribution in [3.63, 3.8) is 0 Å². The molecular weight excluding hydrogens is 286 g/mol. The van der Waals surface area contributed by atoms with E-state index in [1.807, 2.05) is 37.3 Å². The Balaban J connectivity index is 1.50. The van der Waals surface area contributed by atoms with Crippen LogP contribution in [0.2, 0.25) is 0 Å². The number of carbonyl (C=O) groups is 1. The van der Waals surface area contributed by atoms with Gasteiger partial charge in [-0.05, 0) is 43.0 Å². The van der Waals surface area contributed by atoms with Gasteiger partial charge < -0.3 is 5.32 Å². The van der Waals surface area contributed by atoms with E-state index >= 15 is 0 Å². The maximum Gasteiger partial charge on any atom is 0.226 e. The Morgan fingerprint density at radius 1 is 1.26 bits per heavy atom. The van der Waals surface area contributed by atoms with Crippen molar-refractivity contribution in [2.75, 3.05) is 0 Å². The molecule has 1 unspecified atom stereocenters. The van der Waals surface area contributed by atoms with Crippen molar-refractivity contribution in [3.8, 4) is 0 Å². The average molecular weight is 311 g/mol. The number of nitrogens with one attached hydrogen (secondary N) is 2. The lowest BCUT2D eigenvalue weighted by molar-refractivity contribution is -0.121. The molecule has 1 fully saturated rings. The highest BCUT2D eigenvalue weighted by Gasteiger charge is 2.20. The van der Waals surface area contributed by atoms with Crippen LogP contribution in [-0.4, -0.2) is 17.8 Å².